The van der Waals surface area contributed by atoms with Crippen LogP contribution >= 0.6 is 0 Å². The molecule has 0 N–H and O–H groups in total. The number of ether oxygens (including phenoxy) is 3. The highest BCUT2D eigenvalue weighted by Gasteiger charge is 1.96. The van der Waals surface area contributed by atoms with Crippen LogP contribution in [0.2, 0.25) is 0 Å². The summed E-state index contributed by atoms with van der Waals surface area (Å²) in [6.07, 6.45) is 0. The van der Waals surface area contributed by atoms with Crippen LogP contribution in [0, 0.1) is 0 Å². The van der Waals surface area contributed by atoms with Gasteiger partial charge in [0.1, 0.15) is 18.1 Å². The minimum Gasteiger partial charge on any atom is -0.486 e. The van der Waals surface area contributed by atoms with E-state index >= 15 is 0 Å². The van der Waals surface area contributed by atoms with Gasteiger partial charge >= 0.3 is 0 Å². The van der Waals surface area contributed by atoms with E-state index in [2.05, 4.69) is 6.58 Å². The Labute approximate surface area is 83.9 Å². The zero-order chi connectivity index (χ0) is 10.2. The van der Waals surface area contributed by atoms with E-state index in [-0.39, 0.29) is 6.79 Å². The largest absolute Gasteiger partial charge is 0.486 e. The Hall–Kier alpha value is -1.48. The summed E-state index contributed by atoms with van der Waals surface area (Å²) in [5.41, 5.74) is 0. The lowest BCUT2D eigenvalue weighted by Crippen LogP contribution is -2.05. The molecule has 76 valence electrons. The first-order valence-corrected chi connectivity index (χ1v) is 4.30. The first-order valence-electron chi connectivity index (χ1n) is 4.30. The molecule has 1 aromatic carbocycles. The summed E-state index contributed by atoms with van der Waals surface area (Å²) in [5, 5.41) is 0. The monoisotopic (exact) mass is 194 g/mol. The topological polar surface area (TPSA) is 27.7 Å². The standard InChI is InChI=1S/C11H14O3/c1-10(14-9-12-2)8-13-11-6-4-3-5-7-11/h3-7H,1,8-9H2,2H3. The van der Waals surface area contributed by atoms with Crippen LogP contribution in [0.1, 0.15) is 0 Å². The lowest BCUT2D eigenvalue weighted by Gasteiger charge is -2.09. The van der Waals surface area contributed by atoms with Gasteiger partial charge in [-0.2, -0.15) is 0 Å². The summed E-state index contributed by atoms with van der Waals surface area (Å²) in [7, 11) is 1.56. The number of rotatable bonds is 6. The van der Waals surface area contributed by atoms with Crippen molar-refractivity contribution < 1.29 is 14.2 Å². The molecule has 0 unspecified atom stereocenters. The highest BCUT2D eigenvalue weighted by atomic mass is 16.7. The van der Waals surface area contributed by atoms with Crippen LogP contribution in [0.4, 0.5) is 0 Å². The molecule has 0 amide bonds. The van der Waals surface area contributed by atoms with E-state index in [1.165, 1.54) is 0 Å². The molecule has 0 radical (unpaired) electrons. The van der Waals surface area contributed by atoms with E-state index in [1.807, 2.05) is 30.3 Å². The fourth-order valence-corrected chi connectivity index (χ4v) is 0.864. The van der Waals surface area contributed by atoms with E-state index in [4.69, 9.17) is 14.2 Å². The van der Waals surface area contributed by atoms with Crippen molar-refractivity contribution in [3.8, 4) is 5.75 Å². The van der Waals surface area contributed by atoms with Crippen LogP contribution in [-0.2, 0) is 9.47 Å². The van der Waals surface area contributed by atoms with Gasteiger partial charge in [0.2, 0.25) is 0 Å². The first kappa shape index (κ1) is 10.6. The summed E-state index contributed by atoms with van der Waals surface area (Å²) in [6.45, 7) is 4.23. The maximum Gasteiger partial charge on any atom is 0.188 e. The summed E-state index contributed by atoms with van der Waals surface area (Å²) >= 11 is 0. The van der Waals surface area contributed by atoms with Crippen LogP contribution in [0.25, 0.3) is 0 Å². The van der Waals surface area contributed by atoms with Crippen LogP contribution in [0.5, 0.6) is 5.75 Å². The van der Waals surface area contributed by atoms with Crippen molar-refractivity contribution in [3.63, 3.8) is 0 Å². The number of hydrogen-bond acceptors (Lipinski definition) is 3. The molecule has 0 bridgehead atoms. The zero-order valence-corrected chi connectivity index (χ0v) is 8.23. The van der Waals surface area contributed by atoms with Gasteiger partial charge in [0.25, 0.3) is 0 Å². The molecule has 0 fully saturated rings. The molecule has 0 atom stereocenters. The van der Waals surface area contributed by atoms with E-state index < -0.39 is 0 Å². The molecule has 0 heterocycles. The van der Waals surface area contributed by atoms with Crippen molar-refractivity contribution in [1.82, 2.24) is 0 Å². The van der Waals surface area contributed by atoms with Gasteiger partial charge in [0.05, 0.1) is 0 Å². The van der Waals surface area contributed by atoms with Crippen LogP contribution in [0.3, 0.4) is 0 Å². The Bertz CT molecular complexity index is 269. The minimum absolute atomic E-state index is 0.205. The molecule has 0 aliphatic carbocycles. The molecular formula is C11H14O3. The van der Waals surface area contributed by atoms with E-state index in [1.54, 1.807) is 7.11 Å². The molecule has 0 aromatic heterocycles. The number of methoxy groups -OCH3 is 1. The third-order valence-corrected chi connectivity index (χ3v) is 1.52. The summed E-state index contributed by atoms with van der Waals surface area (Å²) in [5.74, 6) is 1.35. The SMILES string of the molecule is C=C(COc1ccccc1)OCOC. The molecular weight excluding hydrogens is 180 g/mol. The van der Waals surface area contributed by atoms with Crippen molar-refractivity contribution in [2.24, 2.45) is 0 Å². The third kappa shape index (κ3) is 3.96. The smallest absolute Gasteiger partial charge is 0.188 e. The van der Waals surface area contributed by atoms with E-state index in [9.17, 15) is 0 Å². The molecule has 14 heavy (non-hydrogen) atoms. The summed E-state index contributed by atoms with van der Waals surface area (Å²) < 4.78 is 15.2. The molecule has 0 aliphatic heterocycles. The van der Waals surface area contributed by atoms with Gasteiger partial charge in [-0.3, -0.25) is 0 Å². The number of benzene rings is 1. The average molecular weight is 194 g/mol. The van der Waals surface area contributed by atoms with Crippen molar-refractivity contribution in [3.05, 3.63) is 42.7 Å². The van der Waals surface area contributed by atoms with Crippen molar-refractivity contribution in [1.29, 1.82) is 0 Å². The van der Waals surface area contributed by atoms with Gasteiger partial charge in [0, 0.05) is 7.11 Å². The average Bonchev–Trinajstić information content (AvgIpc) is 2.25. The normalized spacial score (nSPS) is 9.50. The quantitative estimate of drug-likeness (QED) is 0.513. The Morgan fingerprint density at radius 1 is 1.29 bits per heavy atom. The molecule has 0 saturated heterocycles. The van der Waals surface area contributed by atoms with Crippen LogP contribution in [-0.4, -0.2) is 20.5 Å². The van der Waals surface area contributed by atoms with Crippen molar-refractivity contribution in [2.75, 3.05) is 20.5 Å². The van der Waals surface area contributed by atoms with Crippen molar-refractivity contribution in [2.45, 2.75) is 0 Å². The lowest BCUT2D eigenvalue weighted by molar-refractivity contribution is -0.00230. The Morgan fingerprint density at radius 3 is 2.64 bits per heavy atom. The van der Waals surface area contributed by atoms with Gasteiger partial charge in [-0.15, -0.1) is 0 Å². The second-order valence-electron chi connectivity index (χ2n) is 2.69. The molecule has 0 aliphatic rings. The van der Waals surface area contributed by atoms with Gasteiger partial charge in [-0.05, 0) is 12.1 Å². The van der Waals surface area contributed by atoms with Gasteiger partial charge in [0.15, 0.2) is 6.79 Å². The molecule has 0 saturated carbocycles. The Balaban J connectivity index is 2.24. The minimum atomic E-state index is 0.205. The molecule has 0 spiro atoms. The Kier molecular flexibility index (Phi) is 4.58. The fourth-order valence-electron chi connectivity index (χ4n) is 0.864. The molecule has 3 nitrogen and oxygen atoms in total. The van der Waals surface area contributed by atoms with Gasteiger partial charge in [-0.1, -0.05) is 24.8 Å². The predicted octanol–water partition coefficient (Wildman–Crippen LogP) is 2.20. The van der Waals surface area contributed by atoms with E-state index in [0.717, 1.165) is 5.75 Å². The maximum atomic E-state index is 5.38. The predicted molar refractivity (Wildman–Crippen MR) is 54.0 cm³/mol. The third-order valence-electron chi connectivity index (χ3n) is 1.52. The number of hydrogen-bond donors (Lipinski definition) is 0. The van der Waals surface area contributed by atoms with Crippen LogP contribution < -0.4 is 4.74 Å². The molecule has 1 aromatic rings. The lowest BCUT2D eigenvalue weighted by atomic mass is 10.3. The molecule has 1 rings (SSSR count). The van der Waals surface area contributed by atoms with E-state index in [0.29, 0.717) is 12.4 Å². The highest BCUT2D eigenvalue weighted by molar-refractivity contribution is 5.21. The van der Waals surface area contributed by atoms with Gasteiger partial charge < -0.3 is 14.2 Å². The van der Waals surface area contributed by atoms with Crippen molar-refractivity contribution >= 4 is 0 Å². The summed E-state index contributed by atoms with van der Waals surface area (Å²) in [4.78, 5) is 0. The highest BCUT2D eigenvalue weighted by Crippen LogP contribution is 2.09. The van der Waals surface area contributed by atoms with Crippen LogP contribution in [0.15, 0.2) is 42.7 Å². The molecule has 3 heteroatoms. The van der Waals surface area contributed by atoms with Gasteiger partial charge in [-0.25, -0.2) is 0 Å². The fraction of sp³-hybridized carbons (Fsp3) is 0.273. The Morgan fingerprint density at radius 2 is 2.00 bits per heavy atom. The maximum absolute atomic E-state index is 5.38. The first-order chi connectivity index (χ1) is 6.83. The second-order valence-corrected chi connectivity index (χ2v) is 2.69. The second kappa shape index (κ2) is 6.05. The zero-order valence-electron chi connectivity index (χ0n) is 8.23. The number of para-hydroxylation sites is 1. The summed E-state index contributed by atoms with van der Waals surface area (Å²) in [6, 6.07) is 9.51.